The van der Waals surface area contributed by atoms with Crippen molar-refractivity contribution in [2.24, 2.45) is 0 Å². The predicted octanol–water partition coefficient (Wildman–Crippen LogP) is 9.68. The third kappa shape index (κ3) is 6.50. The van der Waals surface area contributed by atoms with Crippen LogP contribution in [0, 0.1) is 37.0 Å². The van der Waals surface area contributed by atoms with E-state index in [2.05, 4.69) is 89.6 Å². The summed E-state index contributed by atoms with van der Waals surface area (Å²) < 4.78 is 0. The Morgan fingerprint density at radius 1 is 0.432 bits per heavy atom. The Balaban J connectivity index is 1.59. The van der Waals surface area contributed by atoms with E-state index in [1.807, 2.05) is 60.7 Å². The van der Waals surface area contributed by atoms with Gasteiger partial charge in [-0.15, -0.1) is 19.3 Å². The zero-order valence-electron chi connectivity index (χ0n) is 26.3. The molecule has 2 nitrogen and oxygen atoms in total. The van der Waals surface area contributed by atoms with Gasteiger partial charge in [0, 0.05) is 38.9 Å². The lowest BCUT2D eigenvalue weighted by Gasteiger charge is -2.20. The molecule has 0 bridgehead atoms. The van der Waals surface area contributed by atoms with Gasteiger partial charge in [-0.1, -0.05) is 71.4 Å². The highest BCUT2D eigenvalue weighted by atomic mass is 14.7. The van der Waals surface area contributed by atoms with Crippen LogP contribution >= 0.6 is 0 Å². The van der Waals surface area contributed by atoms with E-state index in [9.17, 15) is 0 Å². The first kappa shape index (κ1) is 30.1. The predicted molar refractivity (Wildman–Crippen MR) is 185 cm³/mol. The van der Waals surface area contributed by atoms with Crippen molar-refractivity contribution < 1.29 is 0 Å². The minimum atomic E-state index is -0.0484. The number of terminal acetylenes is 3. The maximum atomic E-state index is 5.94. The van der Waals surface area contributed by atoms with Crippen molar-refractivity contribution in [1.82, 2.24) is 9.97 Å². The van der Waals surface area contributed by atoms with E-state index in [-0.39, 0.29) is 10.8 Å². The maximum absolute atomic E-state index is 5.94. The van der Waals surface area contributed by atoms with Crippen LogP contribution in [0.25, 0.3) is 45.0 Å². The molecule has 214 valence electrons. The van der Waals surface area contributed by atoms with Crippen LogP contribution in [0.15, 0.2) is 91.0 Å². The summed E-state index contributed by atoms with van der Waals surface area (Å²) in [4.78, 5) is 10.1. The van der Waals surface area contributed by atoms with E-state index in [4.69, 9.17) is 29.2 Å². The van der Waals surface area contributed by atoms with Gasteiger partial charge < -0.3 is 0 Å². The highest BCUT2D eigenvalue weighted by molar-refractivity contribution is 5.76. The summed E-state index contributed by atoms with van der Waals surface area (Å²) in [6.45, 7) is 13.1. The molecule has 0 atom stereocenters. The quantitative estimate of drug-likeness (QED) is 0.202. The highest BCUT2D eigenvalue weighted by Crippen LogP contribution is 2.33. The first-order valence-electron chi connectivity index (χ1n) is 14.7. The van der Waals surface area contributed by atoms with E-state index in [0.717, 1.165) is 61.7 Å². The molecule has 0 fully saturated rings. The van der Waals surface area contributed by atoms with Gasteiger partial charge in [-0.2, -0.15) is 0 Å². The molecule has 5 aromatic rings. The Bertz CT molecular complexity index is 1870. The van der Waals surface area contributed by atoms with Gasteiger partial charge >= 0.3 is 0 Å². The van der Waals surface area contributed by atoms with Gasteiger partial charge in [-0.3, -0.25) is 0 Å². The number of hydrogen-bond donors (Lipinski definition) is 0. The fourth-order valence-corrected chi connectivity index (χ4v) is 5.10. The van der Waals surface area contributed by atoms with Crippen molar-refractivity contribution in [3.05, 3.63) is 119 Å². The summed E-state index contributed by atoms with van der Waals surface area (Å²) in [5, 5.41) is 0. The largest absolute Gasteiger partial charge is 0.248 e. The van der Waals surface area contributed by atoms with Gasteiger partial charge in [-0.05, 0) is 101 Å². The minimum Gasteiger partial charge on any atom is -0.248 e. The minimum absolute atomic E-state index is 0.0484. The maximum Gasteiger partial charge on any atom is 0.0710 e. The Morgan fingerprint density at radius 3 is 1.02 bits per heavy atom. The van der Waals surface area contributed by atoms with Gasteiger partial charge in [0.1, 0.15) is 0 Å². The SMILES string of the molecule is C#Cc1cc(-c2cccc(-c3cc(C#C)cc(C(C)(C)C)c3)n2)cc(-c2cccc(-c3cc(C#C)cc(C(C)(C)C)c3)n2)c1. The first-order chi connectivity index (χ1) is 20.9. The smallest absolute Gasteiger partial charge is 0.0710 e. The molecule has 0 N–H and O–H groups in total. The molecule has 0 aliphatic carbocycles. The molecular weight excluding hydrogens is 532 g/mol. The first-order valence-corrected chi connectivity index (χ1v) is 14.7. The van der Waals surface area contributed by atoms with Crippen molar-refractivity contribution in [3.63, 3.8) is 0 Å². The molecule has 0 radical (unpaired) electrons. The fourth-order valence-electron chi connectivity index (χ4n) is 5.10. The van der Waals surface area contributed by atoms with Crippen LogP contribution in [0.3, 0.4) is 0 Å². The molecule has 0 saturated heterocycles. The van der Waals surface area contributed by atoms with E-state index < -0.39 is 0 Å². The summed E-state index contributed by atoms with van der Waals surface area (Å²) in [7, 11) is 0. The molecule has 3 aromatic carbocycles. The van der Waals surface area contributed by atoms with Crippen LogP contribution in [-0.2, 0) is 10.8 Å². The van der Waals surface area contributed by atoms with Crippen LogP contribution in [0.4, 0.5) is 0 Å². The van der Waals surface area contributed by atoms with Crippen molar-refractivity contribution in [1.29, 1.82) is 0 Å². The Labute approximate surface area is 262 Å². The average Bonchev–Trinajstić information content (AvgIpc) is 3.03. The average molecular weight is 569 g/mol. The number of nitrogens with zero attached hydrogens (tertiary/aromatic N) is 2. The highest BCUT2D eigenvalue weighted by Gasteiger charge is 2.18. The lowest BCUT2D eigenvalue weighted by molar-refractivity contribution is 0.590. The molecule has 2 aromatic heterocycles. The summed E-state index contributed by atoms with van der Waals surface area (Å²) in [5.74, 6) is 8.42. The number of benzene rings is 3. The normalized spacial score (nSPS) is 11.3. The molecule has 0 saturated carbocycles. The van der Waals surface area contributed by atoms with E-state index >= 15 is 0 Å². The lowest BCUT2D eigenvalue weighted by atomic mass is 9.84. The van der Waals surface area contributed by atoms with Gasteiger partial charge in [0.05, 0.1) is 22.8 Å². The molecule has 5 rings (SSSR count). The van der Waals surface area contributed by atoms with Crippen LogP contribution in [0.5, 0.6) is 0 Å². The van der Waals surface area contributed by atoms with Crippen molar-refractivity contribution in [2.45, 2.75) is 52.4 Å². The lowest BCUT2D eigenvalue weighted by Crippen LogP contribution is -2.11. The summed E-state index contributed by atoms with van der Waals surface area (Å²) in [6.07, 6.45) is 17.6. The Kier molecular flexibility index (Phi) is 8.03. The molecule has 2 heterocycles. The number of pyridine rings is 2. The van der Waals surface area contributed by atoms with Gasteiger partial charge in [-0.25, -0.2) is 9.97 Å². The summed E-state index contributed by atoms with van der Waals surface area (Å²) in [6, 6.07) is 30.7. The molecule has 0 unspecified atom stereocenters. The van der Waals surface area contributed by atoms with E-state index in [1.165, 1.54) is 11.1 Å². The Hall–Kier alpha value is -5.36. The molecule has 0 aliphatic rings. The van der Waals surface area contributed by atoms with Crippen LogP contribution in [0.2, 0.25) is 0 Å². The van der Waals surface area contributed by atoms with Crippen LogP contribution in [0.1, 0.15) is 69.4 Å². The standard InChI is InChI=1S/C42H36N2/c1-10-28-19-31(37-15-13-17-39(43-37)33-21-29(11-2)23-35(26-33)41(4,5)6)25-32(20-28)38-16-14-18-40(44-38)34-22-30(12-3)24-36(27-34)42(7,8)9/h1-3,13-27H,4-9H3. The number of aromatic nitrogens is 2. The molecular formula is C42H36N2. The fraction of sp³-hybridized carbons (Fsp3) is 0.190. The Morgan fingerprint density at radius 2 is 0.727 bits per heavy atom. The molecule has 0 spiro atoms. The number of rotatable bonds is 4. The van der Waals surface area contributed by atoms with Crippen molar-refractivity contribution in [2.75, 3.05) is 0 Å². The van der Waals surface area contributed by atoms with E-state index in [1.54, 1.807) is 0 Å². The number of hydrogen-bond acceptors (Lipinski definition) is 2. The third-order valence-electron chi connectivity index (χ3n) is 7.71. The van der Waals surface area contributed by atoms with E-state index in [0.29, 0.717) is 0 Å². The topological polar surface area (TPSA) is 25.8 Å². The third-order valence-corrected chi connectivity index (χ3v) is 7.71. The molecule has 2 heteroatoms. The van der Waals surface area contributed by atoms with Gasteiger partial charge in [0.2, 0.25) is 0 Å². The monoisotopic (exact) mass is 568 g/mol. The summed E-state index contributed by atoms with van der Waals surface area (Å²) in [5.41, 5.74) is 11.8. The second-order valence-electron chi connectivity index (χ2n) is 13.1. The second kappa shape index (κ2) is 11.7. The molecule has 44 heavy (non-hydrogen) atoms. The van der Waals surface area contributed by atoms with Crippen LogP contribution in [-0.4, -0.2) is 9.97 Å². The van der Waals surface area contributed by atoms with Gasteiger partial charge in [0.15, 0.2) is 0 Å². The molecule has 0 amide bonds. The molecule has 0 aliphatic heterocycles. The zero-order chi connectivity index (χ0) is 31.6. The van der Waals surface area contributed by atoms with Crippen LogP contribution < -0.4 is 0 Å². The van der Waals surface area contributed by atoms with Crippen molar-refractivity contribution >= 4 is 0 Å². The second-order valence-corrected chi connectivity index (χ2v) is 13.1. The van der Waals surface area contributed by atoms with Gasteiger partial charge in [0.25, 0.3) is 0 Å². The zero-order valence-corrected chi connectivity index (χ0v) is 26.3. The van der Waals surface area contributed by atoms with Crippen molar-refractivity contribution in [3.8, 4) is 82.1 Å². The summed E-state index contributed by atoms with van der Waals surface area (Å²) >= 11 is 0.